The Morgan fingerprint density at radius 2 is 2.21 bits per heavy atom. The third-order valence-electron chi connectivity index (χ3n) is 4.23. The van der Waals surface area contributed by atoms with Crippen molar-refractivity contribution >= 4 is 33.8 Å². The molecule has 0 saturated carbocycles. The standard InChI is InChI=1S/C20H17FN4O2S/c1-3-27-18-6-4-5-13(19(18)21)12-7-15(14-9-22-25-16(14)8-12)24-20(26)17-10-28-11(2)23-17/h4-10H,3H2,1-2H3,(H,22,25)(H,24,26). The molecule has 0 atom stereocenters. The molecule has 2 aromatic heterocycles. The average molecular weight is 396 g/mol. The van der Waals surface area contributed by atoms with Gasteiger partial charge in [0.25, 0.3) is 5.91 Å². The number of benzene rings is 2. The highest BCUT2D eigenvalue weighted by molar-refractivity contribution is 7.09. The topological polar surface area (TPSA) is 79.9 Å². The monoisotopic (exact) mass is 396 g/mol. The number of thiazole rings is 1. The molecule has 6 nitrogen and oxygen atoms in total. The smallest absolute Gasteiger partial charge is 0.275 e. The summed E-state index contributed by atoms with van der Waals surface area (Å²) >= 11 is 1.40. The summed E-state index contributed by atoms with van der Waals surface area (Å²) in [6, 6.07) is 8.51. The molecule has 0 unspecified atom stereocenters. The van der Waals surface area contributed by atoms with E-state index in [0.29, 0.717) is 34.6 Å². The number of fused-ring (bicyclic) bond motifs is 1. The molecular formula is C20H17FN4O2S. The molecule has 1 amide bonds. The minimum absolute atomic E-state index is 0.188. The predicted octanol–water partition coefficient (Wildman–Crippen LogP) is 4.78. The van der Waals surface area contributed by atoms with E-state index in [0.717, 1.165) is 10.4 Å². The second-order valence-corrected chi connectivity index (χ2v) is 7.17. The van der Waals surface area contributed by atoms with E-state index in [1.165, 1.54) is 11.3 Å². The first-order valence-electron chi connectivity index (χ1n) is 8.69. The van der Waals surface area contributed by atoms with E-state index in [1.54, 1.807) is 48.8 Å². The molecule has 0 spiro atoms. The lowest BCUT2D eigenvalue weighted by Crippen LogP contribution is -2.12. The first kappa shape index (κ1) is 18.1. The number of H-pyrrole nitrogens is 1. The van der Waals surface area contributed by atoms with Gasteiger partial charge in [-0.25, -0.2) is 9.37 Å². The summed E-state index contributed by atoms with van der Waals surface area (Å²) in [6.07, 6.45) is 1.62. The maximum Gasteiger partial charge on any atom is 0.275 e. The number of halogens is 1. The van der Waals surface area contributed by atoms with Crippen LogP contribution in [-0.2, 0) is 0 Å². The summed E-state index contributed by atoms with van der Waals surface area (Å²) in [5.74, 6) is -0.587. The molecule has 4 aromatic rings. The Kier molecular flexibility index (Phi) is 4.79. The van der Waals surface area contributed by atoms with Crippen LogP contribution in [0.4, 0.5) is 10.1 Å². The summed E-state index contributed by atoms with van der Waals surface area (Å²) in [5.41, 5.74) is 2.53. The molecule has 28 heavy (non-hydrogen) atoms. The van der Waals surface area contributed by atoms with Crippen LogP contribution in [0.2, 0.25) is 0 Å². The number of anilines is 1. The van der Waals surface area contributed by atoms with Gasteiger partial charge in [-0.05, 0) is 37.6 Å². The highest BCUT2D eigenvalue weighted by Crippen LogP contribution is 2.34. The van der Waals surface area contributed by atoms with Crippen LogP contribution in [0.5, 0.6) is 5.75 Å². The number of amides is 1. The molecule has 0 fully saturated rings. The summed E-state index contributed by atoms with van der Waals surface area (Å²) in [7, 11) is 0. The number of ether oxygens (including phenoxy) is 1. The quantitative estimate of drug-likeness (QED) is 0.509. The van der Waals surface area contributed by atoms with Crippen LogP contribution in [0.1, 0.15) is 22.4 Å². The number of nitrogens with one attached hydrogen (secondary N) is 2. The van der Waals surface area contributed by atoms with Crippen molar-refractivity contribution in [1.29, 1.82) is 0 Å². The molecule has 2 heterocycles. The van der Waals surface area contributed by atoms with Crippen molar-refractivity contribution in [2.24, 2.45) is 0 Å². The molecule has 8 heteroatoms. The van der Waals surface area contributed by atoms with Crippen LogP contribution in [0.3, 0.4) is 0 Å². The van der Waals surface area contributed by atoms with E-state index in [-0.39, 0.29) is 11.7 Å². The van der Waals surface area contributed by atoms with Crippen LogP contribution in [0.25, 0.3) is 22.0 Å². The lowest BCUT2D eigenvalue weighted by molar-refractivity contribution is 0.102. The van der Waals surface area contributed by atoms with E-state index < -0.39 is 5.82 Å². The van der Waals surface area contributed by atoms with E-state index in [9.17, 15) is 9.18 Å². The fourth-order valence-electron chi connectivity index (χ4n) is 2.96. The van der Waals surface area contributed by atoms with Gasteiger partial charge in [0.1, 0.15) is 5.69 Å². The van der Waals surface area contributed by atoms with E-state index in [1.807, 2.05) is 6.92 Å². The second kappa shape index (κ2) is 7.40. The number of aromatic nitrogens is 3. The predicted molar refractivity (Wildman–Crippen MR) is 107 cm³/mol. The van der Waals surface area contributed by atoms with Crippen molar-refractivity contribution in [2.45, 2.75) is 13.8 Å². The second-order valence-electron chi connectivity index (χ2n) is 6.11. The lowest BCUT2D eigenvalue weighted by Gasteiger charge is -2.12. The Balaban J connectivity index is 1.78. The van der Waals surface area contributed by atoms with Gasteiger partial charge in [-0.2, -0.15) is 5.10 Å². The van der Waals surface area contributed by atoms with Crippen LogP contribution in [0, 0.1) is 12.7 Å². The molecule has 4 rings (SSSR count). The zero-order valence-electron chi connectivity index (χ0n) is 15.2. The zero-order valence-corrected chi connectivity index (χ0v) is 16.1. The zero-order chi connectivity index (χ0) is 19.7. The Morgan fingerprint density at radius 1 is 1.36 bits per heavy atom. The summed E-state index contributed by atoms with van der Waals surface area (Å²) in [4.78, 5) is 16.8. The summed E-state index contributed by atoms with van der Waals surface area (Å²) in [6.45, 7) is 4.01. The van der Waals surface area contributed by atoms with Gasteiger partial charge in [0.05, 0.1) is 29.0 Å². The fourth-order valence-corrected chi connectivity index (χ4v) is 3.56. The van der Waals surface area contributed by atoms with Gasteiger partial charge in [0, 0.05) is 16.3 Å². The van der Waals surface area contributed by atoms with Crippen molar-refractivity contribution < 1.29 is 13.9 Å². The minimum atomic E-state index is -0.449. The number of aromatic amines is 1. The molecule has 0 aliphatic heterocycles. The minimum Gasteiger partial charge on any atom is -0.491 e. The third-order valence-corrected chi connectivity index (χ3v) is 5.01. The Morgan fingerprint density at radius 3 is 2.96 bits per heavy atom. The molecule has 142 valence electrons. The van der Waals surface area contributed by atoms with Crippen LogP contribution in [0.15, 0.2) is 41.9 Å². The van der Waals surface area contributed by atoms with E-state index >= 15 is 0 Å². The van der Waals surface area contributed by atoms with Gasteiger partial charge >= 0.3 is 0 Å². The molecule has 0 saturated heterocycles. The first-order chi connectivity index (χ1) is 13.6. The van der Waals surface area contributed by atoms with Gasteiger partial charge in [-0.3, -0.25) is 9.89 Å². The first-order valence-corrected chi connectivity index (χ1v) is 9.57. The van der Waals surface area contributed by atoms with Gasteiger partial charge in [-0.1, -0.05) is 12.1 Å². The third kappa shape index (κ3) is 3.34. The summed E-state index contributed by atoms with van der Waals surface area (Å²) < 4.78 is 20.2. The SMILES string of the molecule is CCOc1cccc(-c2cc(NC(=O)c3csc(C)n3)c3cn[nH]c3c2)c1F. The fraction of sp³-hybridized carbons (Fsp3) is 0.150. The maximum absolute atomic E-state index is 14.9. The lowest BCUT2D eigenvalue weighted by atomic mass is 10.0. The Labute approximate surface area is 164 Å². The molecule has 2 aromatic carbocycles. The Bertz CT molecular complexity index is 1170. The highest BCUT2D eigenvalue weighted by atomic mass is 32.1. The number of hydrogen-bond donors (Lipinski definition) is 2. The van der Waals surface area contributed by atoms with Crippen molar-refractivity contribution in [3.63, 3.8) is 0 Å². The maximum atomic E-state index is 14.9. The molecule has 0 bridgehead atoms. The number of carbonyl (C=O) groups excluding carboxylic acids is 1. The summed E-state index contributed by atoms with van der Waals surface area (Å²) in [5, 5.41) is 13.0. The van der Waals surface area contributed by atoms with E-state index in [4.69, 9.17) is 4.74 Å². The van der Waals surface area contributed by atoms with Crippen molar-refractivity contribution in [1.82, 2.24) is 15.2 Å². The van der Waals surface area contributed by atoms with Gasteiger partial charge < -0.3 is 10.1 Å². The number of hydrogen-bond acceptors (Lipinski definition) is 5. The number of carbonyl (C=O) groups is 1. The Hall–Kier alpha value is -3.26. The van der Waals surface area contributed by atoms with E-state index in [2.05, 4.69) is 20.5 Å². The molecule has 0 aliphatic rings. The number of rotatable bonds is 5. The van der Waals surface area contributed by atoms with Gasteiger partial charge in [-0.15, -0.1) is 11.3 Å². The molecule has 2 N–H and O–H groups in total. The average Bonchev–Trinajstić information content (AvgIpc) is 3.32. The largest absolute Gasteiger partial charge is 0.491 e. The molecular weight excluding hydrogens is 379 g/mol. The van der Waals surface area contributed by atoms with Gasteiger partial charge in [0.2, 0.25) is 0 Å². The van der Waals surface area contributed by atoms with Crippen molar-refractivity contribution in [3.05, 3.63) is 58.4 Å². The van der Waals surface area contributed by atoms with Gasteiger partial charge in [0.15, 0.2) is 11.6 Å². The van der Waals surface area contributed by atoms with Crippen molar-refractivity contribution in [2.75, 3.05) is 11.9 Å². The number of nitrogens with zero attached hydrogens (tertiary/aromatic N) is 2. The highest BCUT2D eigenvalue weighted by Gasteiger charge is 2.16. The van der Waals surface area contributed by atoms with Crippen LogP contribution >= 0.6 is 11.3 Å². The van der Waals surface area contributed by atoms with Crippen LogP contribution < -0.4 is 10.1 Å². The van der Waals surface area contributed by atoms with Crippen molar-refractivity contribution in [3.8, 4) is 16.9 Å². The molecule has 0 aliphatic carbocycles. The molecule has 0 radical (unpaired) electrons. The van der Waals surface area contributed by atoms with Crippen LogP contribution in [-0.4, -0.2) is 27.7 Å². The number of aryl methyl sites for hydroxylation is 1. The normalized spacial score (nSPS) is 11.0.